The van der Waals surface area contributed by atoms with Gasteiger partial charge in [0.25, 0.3) is 0 Å². The number of hydrogen-bond acceptors (Lipinski definition) is 3. The van der Waals surface area contributed by atoms with Crippen molar-refractivity contribution < 1.29 is 14.7 Å². The smallest absolute Gasteiger partial charge is 0.159 e. The highest BCUT2D eigenvalue weighted by atomic mass is 16.3. The summed E-state index contributed by atoms with van der Waals surface area (Å²) in [4.78, 5) is 24.1. The van der Waals surface area contributed by atoms with Crippen molar-refractivity contribution in [2.24, 2.45) is 17.3 Å². The van der Waals surface area contributed by atoms with Crippen LogP contribution in [0.25, 0.3) is 0 Å². The summed E-state index contributed by atoms with van der Waals surface area (Å²) in [6.45, 7) is 3.91. The van der Waals surface area contributed by atoms with Gasteiger partial charge in [0.2, 0.25) is 0 Å². The number of allylic oxidation sites excluding steroid dienone is 4. The monoisotopic (exact) mass is 390 g/mol. The molecule has 3 nitrogen and oxygen atoms in total. The van der Waals surface area contributed by atoms with Gasteiger partial charge in [-0.2, -0.15) is 0 Å². The van der Waals surface area contributed by atoms with Gasteiger partial charge < -0.3 is 5.11 Å². The van der Waals surface area contributed by atoms with Crippen molar-refractivity contribution in [1.29, 1.82) is 0 Å². The molecule has 0 amide bonds. The van der Waals surface area contributed by atoms with Crippen LogP contribution in [0.15, 0.2) is 47.1 Å². The van der Waals surface area contributed by atoms with Gasteiger partial charge in [-0.3, -0.25) is 9.59 Å². The van der Waals surface area contributed by atoms with Crippen LogP contribution in [-0.4, -0.2) is 22.8 Å². The number of aliphatic hydroxyl groups excluding tert-OH is 1. The second kappa shape index (κ2) is 6.77. The average Bonchev–Trinajstić information content (AvgIpc) is 3.01. The van der Waals surface area contributed by atoms with Crippen molar-refractivity contribution in [3.05, 3.63) is 58.2 Å². The molecule has 0 radical (unpaired) electrons. The summed E-state index contributed by atoms with van der Waals surface area (Å²) in [7, 11) is 0. The molecular weight excluding hydrogens is 360 g/mol. The Kier molecular flexibility index (Phi) is 4.43. The maximum absolute atomic E-state index is 12.1. The summed E-state index contributed by atoms with van der Waals surface area (Å²) in [5, 5.41) is 10.9. The molecule has 152 valence electrons. The zero-order valence-corrected chi connectivity index (χ0v) is 17.4. The molecule has 0 spiro atoms. The van der Waals surface area contributed by atoms with Crippen LogP contribution in [0.1, 0.15) is 80.6 Å². The van der Waals surface area contributed by atoms with Crippen molar-refractivity contribution in [2.75, 3.05) is 0 Å². The molecule has 0 aliphatic heterocycles. The van der Waals surface area contributed by atoms with Crippen LogP contribution >= 0.6 is 0 Å². The highest BCUT2D eigenvalue weighted by Crippen LogP contribution is 2.63. The lowest BCUT2D eigenvalue weighted by Crippen LogP contribution is -2.45. The molecular formula is C26H30O3. The van der Waals surface area contributed by atoms with Gasteiger partial charge in [0.1, 0.15) is 0 Å². The molecule has 5 unspecified atom stereocenters. The Hall–Kier alpha value is -2.00. The van der Waals surface area contributed by atoms with E-state index in [0.29, 0.717) is 18.3 Å². The van der Waals surface area contributed by atoms with Gasteiger partial charge >= 0.3 is 0 Å². The van der Waals surface area contributed by atoms with Crippen LogP contribution in [-0.2, 0) is 4.79 Å². The molecule has 4 aliphatic rings. The van der Waals surface area contributed by atoms with Gasteiger partial charge in [-0.25, -0.2) is 0 Å². The minimum absolute atomic E-state index is 0.0721. The van der Waals surface area contributed by atoms with E-state index >= 15 is 0 Å². The lowest BCUT2D eigenvalue weighted by Gasteiger charge is -2.52. The highest BCUT2D eigenvalue weighted by molar-refractivity contribution is 5.94. The number of benzene rings is 1. The number of rotatable bonds is 2. The van der Waals surface area contributed by atoms with Crippen molar-refractivity contribution in [1.82, 2.24) is 0 Å². The number of ketones is 2. The second-order valence-electron chi connectivity index (χ2n) is 9.86. The topological polar surface area (TPSA) is 54.4 Å². The van der Waals surface area contributed by atoms with E-state index in [9.17, 15) is 14.7 Å². The van der Waals surface area contributed by atoms with E-state index in [2.05, 4.69) is 19.1 Å². The lowest BCUT2D eigenvalue weighted by atomic mass is 9.53. The van der Waals surface area contributed by atoms with E-state index < -0.39 is 0 Å². The Morgan fingerprint density at radius 3 is 2.76 bits per heavy atom. The van der Waals surface area contributed by atoms with Crippen molar-refractivity contribution in [2.45, 2.75) is 70.8 Å². The molecule has 1 aromatic rings. The van der Waals surface area contributed by atoms with Crippen molar-refractivity contribution in [3.63, 3.8) is 0 Å². The Labute approximate surface area is 172 Å². The molecule has 0 aromatic heterocycles. The molecule has 5 atom stereocenters. The summed E-state index contributed by atoms with van der Waals surface area (Å²) in [6, 6.07) is 8.10. The third-order valence-electron chi connectivity index (χ3n) is 8.38. The number of carbonyl (C=O) groups excluding carboxylic acids is 2. The molecule has 2 fully saturated rings. The summed E-state index contributed by atoms with van der Waals surface area (Å²) in [5.74, 6) is 1.58. The molecule has 0 saturated heterocycles. The third kappa shape index (κ3) is 2.89. The Morgan fingerprint density at radius 1 is 1.14 bits per heavy atom. The van der Waals surface area contributed by atoms with E-state index in [-0.39, 0.29) is 29.0 Å². The molecule has 4 aliphatic carbocycles. The second-order valence-corrected chi connectivity index (χ2v) is 9.86. The van der Waals surface area contributed by atoms with Crippen LogP contribution in [0.5, 0.6) is 0 Å². The molecule has 0 bridgehead atoms. The van der Waals surface area contributed by atoms with Crippen molar-refractivity contribution in [3.8, 4) is 0 Å². The summed E-state index contributed by atoms with van der Waals surface area (Å²) in [5.41, 5.74) is 6.07. The Morgan fingerprint density at radius 2 is 1.97 bits per heavy atom. The molecule has 29 heavy (non-hydrogen) atoms. The van der Waals surface area contributed by atoms with E-state index in [1.54, 1.807) is 6.92 Å². The van der Waals surface area contributed by atoms with E-state index in [1.165, 1.54) is 22.3 Å². The summed E-state index contributed by atoms with van der Waals surface area (Å²) >= 11 is 0. The fourth-order valence-corrected chi connectivity index (χ4v) is 6.91. The minimum Gasteiger partial charge on any atom is -0.393 e. The molecule has 0 heterocycles. The summed E-state index contributed by atoms with van der Waals surface area (Å²) in [6.07, 6.45) is 8.08. The number of aliphatic hydroxyl groups is 1. The Balaban J connectivity index is 1.69. The maximum atomic E-state index is 12.1. The van der Waals surface area contributed by atoms with Gasteiger partial charge in [-0.05, 0) is 91.6 Å². The van der Waals surface area contributed by atoms with Gasteiger partial charge in [0.15, 0.2) is 11.6 Å². The fourth-order valence-electron chi connectivity index (χ4n) is 6.91. The minimum atomic E-state index is -0.248. The highest BCUT2D eigenvalue weighted by Gasteiger charge is 2.56. The molecule has 1 N–H and O–H groups in total. The predicted molar refractivity (Wildman–Crippen MR) is 113 cm³/mol. The standard InChI is InChI=1S/C26H30O3/c1-15(27)16-4-3-5-17(12-16)22-14-26(2)23(10-11-24(26)29)21-8-6-18-13-19(28)7-9-20(18)25(21)22/h3-5,12-13,21-24,29H,6-11,14H2,1-2H3. The maximum Gasteiger partial charge on any atom is 0.159 e. The van der Waals surface area contributed by atoms with E-state index in [1.807, 2.05) is 18.2 Å². The van der Waals surface area contributed by atoms with E-state index in [0.717, 1.165) is 44.1 Å². The predicted octanol–water partition coefficient (Wildman–Crippen LogP) is 5.15. The normalized spacial score (nSPS) is 36.2. The van der Waals surface area contributed by atoms with Crippen LogP contribution in [0.2, 0.25) is 0 Å². The Bertz CT molecular complexity index is 952. The quantitative estimate of drug-likeness (QED) is 0.711. The number of Topliss-reactive ketones (excluding diaryl/α,β-unsaturated/α-hetero) is 1. The van der Waals surface area contributed by atoms with Gasteiger partial charge in [-0.1, -0.05) is 30.7 Å². The number of fused-ring (bicyclic) bond motifs is 4. The van der Waals surface area contributed by atoms with Crippen LogP contribution in [0, 0.1) is 17.3 Å². The third-order valence-corrected chi connectivity index (χ3v) is 8.38. The van der Waals surface area contributed by atoms with Crippen LogP contribution in [0.4, 0.5) is 0 Å². The average molecular weight is 391 g/mol. The first-order valence-electron chi connectivity index (χ1n) is 11.1. The molecule has 2 saturated carbocycles. The van der Waals surface area contributed by atoms with Crippen molar-refractivity contribution >= 4 is 11.6 Å². The van der Waals surface area contributed by atoms with E-state index in [4.69, 9.17) is 0 Å². The molecule has 1 aromatic carbocycles. The largest absolute Gasteiger partial charge is 0.393 e. The zero-order valence-electron chi connectivity index (χ0n) is 17.4. The zero-order chi connectivity index (χ0) is 20.3. The molecule has 5 rings (SSSR count). The SMILES string of the molecule is CC(=O)c1cccc(C2CC3(C)C(O)CCC3C3CCC4=CC(=O)CCC4=C23)c1. The first kappa shape index (κ1) is 19.0. The first-order valence-corrected chi connectivity index (χ1v) is 11.1. The first-order chi connectivity index (χ1) is 13.9. The molecule has 3 heteroatoms. The van der Waals surface area contributed by atoms with Gasteiger partial charge in [-0.15, -0.1) is 0 Å². The van der Waals surface area contributed by atoms with Gasteiger partial charge in [0, 0.05) is 17.9 Å². The van der Waals surface area contributed by atoms with Crippen LogP contribution < -0.4 is 0 Å². The summed E-state index contributed by atoms with van der Waals surface area (Å²) < 4.78 is 0. The number of hydrogen-bond donors (Lipinski definition) is 1. The van der Waals surface area contributed by atoms with Gasteiger partial charge in [0.05, 0.1) is 6.10 Å². The fraction of sp³-hybridized carbons (Fsp3) is 0.538. The lowest BCUT2D eigenvalue weighted by molar-refractivity contribution is -0.114. The number of carbonyl (C=O) groups is 2. The van der Waals surface area contributed by atoms with Crippen LogP contribution in [0.3, 0.4) is 0 Å².